The minimum atomic E-state index is -0.551. The van der Waals surface area contributed by atoms with Gasteiger partial charge in [-0.1, -0.05) is 6.07 Å². The Morgan fingerprint density at radius 1 is 1.10 bits per heavy atom. The highest BCUT2D eigenvalue weighted by Gasteiger charge is 2.27. The van der Waals surface area contributed by atoms with Crippen LogP contribution in [-0.2, 0) is 4.79 Å². The smallest absolute Gasteiger partial charge is 0.329 e. The summed E-state index contributed by atoms with van der Waals surface area (Å²) >= 11 is 0. The summed E-state index contributed by atoms with van der Waals surface area (Å²) in [4.78, 5) is 53.7. The van der Waals surface area contributed by atoms with Gasteiger partial charge in [-0.25, -0.2) is 9.18 Å². The SMILES string of the molecule is CC(=O)Nc1cccc(C(=O)N2CCC(n3c(=O)[nH]c4ccc(F)cc4c3=O)CC2)c1. The molecule has 1 aliphatic rings. The van der Waals surface area contributed by atoms with Crippen LogP contribution in [0.15, 0.2) is 52.1 Å². The average Bonchev–Trinajstić information content (AvgIpc) is 2.74. The van der Waals surface area contributed by atoms with Crippen LogP contribution in [0.1, 0.15) is 36.2 Å². The standard InChI is InChI=1S/C22H21FN4O4/c1-13(28)24-16-4-2-3-14(11-16)20(29)26-9-7-17(8-10-26)27-21(30)18-12-15(23)5-6-19(18)25-22(27)31/h2-6,11-12,17H,7-10H2,1H3,(H,24,28)(H,25,31). The van der Waals surface area contributed by atoms with Gasteiger partial charge in [0.25, 0.3) is 11.5 Å². The van der Waals surface area contributed by atoms with Crippen LogP contribution in [0, 0.1) is 5.82 Å². The summed E-state index contributed by atoms with van der Waals surface area (Å²) in [5.74, 6) is -0.964. The molecule has 1 aromatic heterocycles. The van der Waals surface area contributed by atoms with Crippen molar-refractivity contribution in [2.75, 3.05) is 18.4 Å². The van der Waals surface area contributed by atoms with Crippen LogP contribution in [0.2, 0.25) is 0 Å². The second-order valence-corrected chi connectivity index (χ2v) is 7.58. The molecule has 1 saturated heterocycles. The molecule has 0 unspecified atom stereocenters. The zero-order valence-corrected chi connectivity index (χ0v) is 16.9. The lowest BCUT2D eigenvalue weighted by atomic mass is 10.0. The maximum absolute atomic E-state index is 13.6. The summed E-state index contributed by atoms with van der Waals surface area (Å²) < 4.78 is 14.7. The number of carbonyl (C=O) groups excluding carboxylic acids is 2. The number of carbonyl (C=O) groups is 2. The fourth-order valence-corrected chi connectivity index (χ4v) is 3.97. The van der Waals surface area contributed by atoms with Crippen molar-refractivity contribution in [3.63, 3.8) is 0 Å². The van der Waals surface area contributed by atoms with E-state index in [2.05, 4.69) is 10.3 Å². The van der Waals surface area contributed by atoms with Crippen LogP contribution < -0.4 is 16.6 Å². The number of H-pyrrole nitrogens is 1. The van der Waals surface area contributed by atoms with Crippen LogP contribution in [0.25, 0.3) is 10.9 Å². The van der Waals surface area contributed by atoms with Gasteiger partial charge in [-0.3, -0.25) is 19.0 Å². The van der Waals surface area contributed by atoms with Crippen LogP contribution in [-0.4, -0.2) is 39.4 Å². The molecule has 4 rings (SSSR count). The topological polar surface area (TPSA) is 104 Å². The van der Waals surface area contributed by atoms with Gasteiger partial charge in [-0.2, -0.15) is 0 Å². The summed E-state index contributed by atoms with van der Waals surface area (Å²) in [6, 6.07) is 9.96. The number of piperidine rings is 1. The lowest BCUT2D eigenvalue weighted by Gasteiger charge is -2.32. The molecule has 3 aromatic rings. The molecule has 0 aliphatic carbocycles. The molecule has 31 heavy (non-hydrogen) atoms. The summed E-state index contributed by atoms with van der Waals surface area (Å²) in [6.45, 7) is 2.12. The summed E-state index contributed by atoms with van der Waals surface area (Å²) in [5, 5.41) is 2.77. The molecule has 9 heteroatoms. The van der Waals surface area contributed by atoms with Gasteiger partial charge >= 0.3 is 5.69 Å². The molecule has 160 valence electrons. The fourth-order valence-electron chi connectivity index (χ4n) is 3.97. The first kappa shape index (κ1) is 20.5. The van der Waals surface area contributed by atoms with Crippen LogP contribution in [0.4, 0.5) is 10.1 Å². The van der Waals surface area contributed by atoms with Crippen LogP contribution in [0.3, 0.4) is 0 Å². The van der Waals surface area contributed by atoms with Gasteiger partial charge < -0.3 is 15.2 Å². The third kappa shape index (κ3) is 4.11. The number of hydrogen-bond donors (Lipinski definition) is 2. The van der Waals surface area contributed by atoms with Crippen LogP contribution in [0.5, 0.6) is 0 Å². The number of aromatic nitrogens is 2. The number of nitrogens with one attached hydrogen (secondary N) is 2. The van der Waals surface area contributed by atoms with E-state index in [0.29, 0.717) is 42.7 Å². The van der Waals surface area contributed by atoms with E-state index >= 15 is 0 Å². The number of aromatic amines is 1. The molecule has 1 aliphatic heterocycles. The number of likely N-dealkylation sites (tertiary alicyclic amines) is 1. The number of hydrogen-bond acceptors (Lipinski definition) is 4. The Kier molecular flexibility index (Phi) is 5.41. The van der Waals surface area contributed by atoms with Gasteiger partial charge in [0.15, 0.2) is 0 Å². The fraction of sp³-hybridized carbons (Fsp3) is 0.273. The van der Waals surface area contributed by atoms with Gasteiger partial charge in [0.1, 0.15) is 5.82 Å². The molecule has 1 fully saturated rings. The monoisotopic (exact) mass is 424 g/mol. The van der Waals surface area contributed by atoms with E-state index in [9.17, 15) is 23.6 Å². The van der Waals surface area contributed by atoms with E-state index in [-0.39, 0.29) is 17.2 Å². The molecule has 8 nitrogen and oxygen atoms in total. The zero-order chi connectivity index (χ0) is 22.1. The molecule has 0 bridgehead atoms. The second-order valence-electron chi connectivity index (χ2n) is 7.58. The predicted molar refractivity (Wildman–Crippen MR) is 114 cm³/mol. The average molecular weight is 424 g/mol. The summed E-state index contributed by atoms with van der Waals surface area (Å²) in [7, 11) is 0. The van der Waals surface area contributed by atoms with Crippen molar-refractivity contribution in [3.05, 3.63) is 74.7 Å². The van der Waals surface area contributed by atoms with Crippen molar-refractivity contribution < 1.29 is 14.0 Å². The molecule has 2 N–H and O–H groups in total. The minimum Gasteiger partial charge on any atom is -0.338 e. The highest BCUT2D eigenvalue weighted by Crippen LogP contribution is 2.23. The quantitative estimate of drug-likeness (QED) is 0.673. The van der Waals surface area contributed by atoms with Gasteiger partial charge in [0.05, 0.1) is 10.9 Å². The Labute approximate surface area is 176 Å². The van der Waals surface area contributed by atoms with Gasteiger partial charge in [0, 0.05) is 37.3 Å². The van der Waals surface area contributed by atoms with Crippen molar-refractivity contribution in [3.8, 4) is 0 Å². The Balaban J connectivity index is 1.53. The van der Waals surface area contributed by atoms with Crippen molar-refractivity contribution >= 4 is 28.4 Å². The maximum Gasteiger partial charge on any atom is 0.329 e. The van der Waals surface area contributed by atoms with E-state index in [0.717, 1.165) is 10.6 Å². The van der Waals surface area contributed by atoms with E-state index in [1.807, 2.05) is 0 Å². The van der Waals surface area contributed by atoms with E-state index in [4.69, 9.17) is 0 Å². The third-order valence-corrected chi connectivity index (χ3v) is 5.44. The number of fused-ring (bicyclic) bond motifs is 1. The Bertz CT molecular complexity index is 1290. The molecule has 2 amide bonds. The molecule has 2 heterocycles. The van der Waals surface area contributed by atoms with Crippen molar-refractivity contribution in [2.24, 2.45) is 0 Å². The molecule has 0 radical (unpaired) electrons. The molecular formula is C22H21FN4O4. The number of halogens is 1. The molecule has 0 atom stereocenters. The first-order valence-corrected chi connectivity index (χ1v) is 9.94. The lowest BCUT2D eigenvalue weighted by molar-refractivity contribution is -0.114. The first-order chi connectivity index (χ1) is 14.8. The Hall–Kier alpha value is -3.75. The Morgan fingerprint density at radius 3 is 2.55 bits per heavy atom. The van der Waals surface area contributed by atoms with Gasteiger partial charge in [0.2, 0.25) is 5.91 Å². The highest BCUT2D eigenvalue weighted by molar-refractivity contribution is 5.96. The third-order valence-electron chi connectivity index (χ3n) is 5.44. The second kappa shape index (κ2) is 8.17. The maximum atomic E-state index is 13.6. The molecule has 0 saturated carbocycles. The Morgan fingerprint density at radius 2 is 1.84 bits per heavy atom. The van der Waals surface area contributed by atoms with E-state index < -0.39 is 23.1 Å². The zero-order valence-electron chi connectivity index (χ0n) is 16.9. The van der Waals surface area contributed by atoms with Crippen LogP contribution >= 0.6 is 0 Å². The van der Waals surface area contributed by atoms with Crippen molar-refractivity contribution in [2.45, 2.75) is 25.8 Å². The summed E-state index contributed by atoms with van der Waals surface area (Å²) in [5.41, 5.74) is 0.192. The van der Waals surface area contributed by atoms with E-state index in [1.54, 1.807) is 29.2 Å². The lowest BCUT2D eigenvalue weighted by Crippen LogP contribution is -2.45. The molecular weight excluding hydrogens is 403 g/mol. The molecule has 2 aromatic carbocycles. The first-order valence-electron chi connectivity index (χ1n) is 9.94. The van der Waals surface area contributed by atoms with Gasteiger partial charge in [-0.15, -0.1) is 0 Å². The number of rotatable bonds is 3. The molecule has 0 spiro atoms. The number of benzene rings is 2. The van der Waals surface area contributed by atoms with Gasteiger partial charge in [-0.05, 0) is 49.2 Å². The van der Waals surface area contributed by atoms with Crippen molar-refractivity contribution in [1.29, 1.82) is 0 Å². The highest BCUT2D eigenvalue weighted by atomic mass is 19.1. The van der Waals surface area contributed by atoms with Crippen molar-refractivity contribution in [1.82, 2.24) is 14.5 Å². The van der Waals surface area contributed by atoms with E-state index in [1.165, 1.54) is 19.1 Å². The summed E-state index contributed by atoms with van der Waals surface area (Å²) in [6.07, 6.45) is 0.835. The normalized spacial score (nSPS) is 14.6. The number of amides is 2. The minimum absolute atomic E-state index is 0.118. The number of anilines is 1. The number of nitrogens with zero attached hydrogens (tertiary/aromatic N) is 2. The predicted octanol–water partition coefficient (Wildman–Crippen LogP) is 2.26. The largest absolute Gasteiger partial charge is 0.338 e.